The number of rotatable bonds is 5. The van der Waals surface area contributed by atoms with Crippen molar-refractivity contribution in [3.63, 3.8) is 0 Å². The third kappa shape index (κ3) is 5.63. The minimum atomic E-state index is -4.13. The van der Waals surface area contributed by atoms with Gasteiger partial charge >= 0.3 is 6.18 Å². The molecule has 0 aromatic heterocycles. The molecule has 3 N–H and O–H groups in total. The first-order chi connectivity index (χ1) is 8.79. The molecule has 0 unspecified atom stereocenters. The Morgan fingerprint density at radius 1 is 1.32 bits per heavy atom. The lowest BCUT2D eigenvalue weighted by molar-refractivity contribution is -0.135. The lowest BCUT2D eigenvalue weighted by Gasteiger charge is -2.09. The number of carbonyl (C=O) groups is 1. The van der Waals surface area contributed by atoms with Crippen LogP contribution >= 0.6 is 0 Å². The van der Waals surface area contributed by atoms with Crippen molar-refractivity contribution in [2.75, 3.05) is 12.3 Å². The quantitative estimate of drug-likeness (QED) is 0.640. The molecule has 0 aliphatic carbocycles. The first-order valence-electron chi connectivity index (χ1n) is 6.00. The number of aryl methyl sites for hydroxylation is 1. The van der Waals surface area contributed by atoms with Gasteiger partial charge in [0, 0.05) is 24.2 Å². The van der Waals surface area contributed by atoms with Gasteiger partial charge in [-0.1, -0.05) is 6.07 Å². The molecule has 19 heavy (non-hydrogen) atoms. The van der Waals surface area contributed by atoms with E-state index in [9.17, 15) is 18.0 Å². The summed E-state index contributed by atoms with van der Waals surface area (Å²) in [6.45, 7) is 2.00. The van der Waals surface area contributed by atoms with E-state index >= 15 is 0 Å². The summed E-state index contributed by atoms with van der Waals surface area (Å²) < 4.78 is 35.7. The maximum Gasteiger partial charge on any atom is 0.389 e. The van der Waals surface area contributed by atoms with E-state index in [0.717, 1.165) is 5.56 Å². The van der Waals surface area contributed by atoms with Crippen LogP contribution in [-0.4, -0.2) is 18.6 Å². The van der Waals surface area contributed by atoms with E-state index in [1.165, 1.54) is 0 Å². The van der Waals surface area contributed by atoms with E-state index in [4.69, 9.17) is 5.73 Å². The molecule has 6 heteroatoms. The van der Waals surface area contributed by atoms with Crippen LogP contribution in [0.3, 0.4) is 0 Å². The van der Waals surface area contributed by atoms with E-state index < -0.39 is 12.6 Å². The second-order valence-electron chi connectivity index (χ2n) is 4.40. The summed E-state index contributed by atoms with van der Waals surface area (Å²) in [4.78, 5) is 11.8. The maximum absolute atomic E-state index is 11.9. The molecule has 0 saturated heterocycles. The van der Waals surface area contributed by atoms with Crippen molar-refractivity contribution in [2.45, 2.75) is 32.4 Å². The summed E-state index contributed by atoms with van der Waals surface area (Å²) in [5, 5.41) is 2.59. The van der Waals surface area contributed by atoms with Gasteiger partial charge in [0.2, 0.25) is 0 Å². The van der Waals surface area contributed by atoms with Crippen molar-refractivity contribution in [3.05, 3.63) is 29.3 Å². The van der Waals surface area contributed by atoms with Crippen molar-refractivity contribution >= 4 is 11.6 Å². The summed E-state index contributed by atoms with van der Waals surface area (Å²) in [5.74, 6) is -0.309. The van der Waals surface area contributed by atoms with E-state index in [0.29, 0.717) is 17.7 Å². The van der Waals surface area contributed by atoms with Gasteiger partial charge in [0.1, 0.15) is 0 Å². The molecule has 0 aliphatic heterocycles. The topological polar surface area (TPSA) is 55.1 Å². The average Bonchev–Trinajstić information content (AvgIpc) is 2.30. The molecule has 1 aromatic rings. The Kier molecular flexibility index (Phi) is 5.20. The molecule has 106 valence electrons. The molecule has 3 nitrogen and oxygen atoms in total. The molecule has 0 saturated carbocycles. The van der Waals surface area contributed by atoms with E-state index in [2.05, 4.69) is 5.32 Å². The Labute approximate surface area is 110 Å². The molecule has 0 spiro atoms. The number of nitrogens with one attached hydrogen (secondary N) is 1. The first kappa shape index (κ1) is 15.3. The van der Waals surface area contributed by atoms with Crippen molar-refractivity contribution in [1.82, 2.24) is 5.32 Å². The fourth-order valence-electron chi connectivity index (χ4n) is 1.63. The second-order valence-corrected chi connectivity index (χ2v) is 4.40. The lowest BCUT2D eigenvalue weighted by Crippen LogP contribution is -2.25. The van der Waals surface area contributed by atoms with Crippen LogP contribution in [0, 0.1) is 6.92 Å². The number of alkyl halides is 3. The maximum atomic E-state index is 11.9. The van der Waals surface area contributed by atoms with Crippen LogP contribution in [0.4, 0.5) is 18.9 Å². The van der Waals surface area contributed by atoms with Crippen LogP contribution in [0.1, 0.15) is 35.2 Å². The molecule has 0 aliphatic rings. The van der Waals surface area contributed by atoms with Crippen molar-refractivity contribution in [2.24, 2.45) is 0 Å². The SMILES string of the molecule is Cc1ccc(N)cc1C(=O)NCCCCC(F)(F)F. The van der Waals surface area contributed by atoms with Crippen LogP contribution in [0.5, 0.6) is 0 Å². The summed E-state index contributed by atoms with van der Waals surface area (Å²) in [7, 11) is 0. The fourth-order valence-corrected chi connectivity index (χ4v) is 1.63. The zero-order valence-corrected chi connectivity index (χ0v) is 10.7. The van der Waals surface area contributed by atoms with Gasteiger partial charge in [0.05, 0.1) is 0 Å². The van der Waals surface area contributed by atoms with Gasteiger partial charge in [-0.2, -0.15) is 13.2 Å². The number of unbranched alkanes of at least 4 members (excludes halogenated alkanes) is 1. The van der Waals surface area contributed by atoms with Crippen molar-refractivity contribution in [3.8, 4) is 0 Å². The van der Waals surface area contributed by atoms with Crippen molar-refractivity contribution in [1.29, 1.82) is 0 Å². The standard InChI is InChI=1S/C13H17F3N2O/c1-9-4-5-10(17)8-11(9)12(19)18-7-3-2-6-13(14,15)16/h4-5,8H,2-3,6-7,17H2,1H3,(H,18,19). The number of halogens is 3. The van der Waals surface area contributed by atoms with Gasteiger partial charge in [-0.15, -0.1) is 0 Å². The molecule has 0 radical (unpaired) electrons. The monoisotopic (exact) mass is 274 g/mol. The smallest absolute Gasteiger partial charge is 0.389 e. The van der Waals surface area contributed by atoms with Gasteiger partial charge in [-0.25, -0.2) is 0 Å². The van der Waals surface area contributed by atoms with Gasteiger partial charge in [0.25, 0.3) is 5.91 Å². The van der Waals surface area contributed by atoms with Gasteiger partial charge < -0.3 is 11.1 Å². The average molecular weight is 274 g/mol. The Bertz CT molecular complexity index is 444. The molecule has 1 aromatic carbocycles. The molecule has 1 rings (SSSR count). The normalized spacial score (nSPS) is 11.4. The predicted molar refractivity (Wildman–Crippen MR) is 67.8 cm³/mol. The van der Waals surface area contributed by atoms with Gasteiger partial charge in [-0.3, -0.25) is 4.79 Å². The van der Waals surface area contributed by atoms with Gasteiger partial charge in [-0.05, 0) is 37.5 Å². The van der Waals surface area contributed by atoms with Crippen molar-refractivity contribution < 1.29 is 18.0 Å². The van der Waals surface area contributed by atoms with Crippen LogP contribution in [-0.2, 0) is 0 Å². The summed E-state index contributed by atoms with van der Waals surface area (Å²) >= 11 is 0. The fraction of sp³-hybridized carbons (Fsp3) is 0.462. The number of anilines is 1. The highest BCUT2D eigenvalue weighted by atomic mass is 19.4. The van der Waals surface area contributed by atoms with Crippen LogP contribution in [0.25, 0.3) is 0 Å². The van der Waals surface area contributed by atoms with E-state index in [-0.39, 0.29) is 18.9 Å². The second kappa shape index (κ2) is 6.45. The number of hydrogen-bond acceptors (Lipinski definition) is 2. The Morgan fingerprint density at radius 2 is 2.00 bits per heavy atom. The zero-order chi connectivity index (χ0) is 14.5. The van der Waals surface area contributed by atoms with Crippen LogP contribution in [0.2, 0.25) is 0 Å². The number of benzene rings is 1. The molecule has 0 atom stereocenters. The number of carbonyl (C=O) groups excluding carboxylic acids is 1. The third-order valence-electron chi connectivity index (χ3n) is 2.68. The van der Waals surface area contributed by atoms with E-state index in [1.807, 2.05) is 0 Å². The predicted octanol–water partition coefficient (Wildman–Crippen LogP) is 3.04. The molecule has 0 bridgehead atoms. The number of amides is 1. The minimum Gasteiger partial charge on any atom is -0.399 e. The Hall–Kier alpha value is -1.72. The van der Waals surface area contributed by atoms with Crippen LogP contribution < -0.4 is 11.1 Å². The zero-order valence-electron chi connectivity index (χ0n) is 10.7. The molecular formula is C13H17F3N2O. The largest absolute Gasteiger partial charge is 0.399 e. The molecular weight excluding hydrogens is 257 g/mol. The highest BCUT2D eigenvalue weighted by Gasteiger charge is 2.25. The summed E-state index contributed by atoms with van der Waals surface area (Å²) in [6, 6.07) is 4.98. The molecule has 0 heterocycles. The van der Waals surface area contributed by atoms with E-state index in [1.54, 1.807) is 25.1 Å². The third-order valence-corrected chi connectivity index (χ3v) is 2.68. The Balaban J connectivity index is 2.38. The summed E-state index contributed by atoms with van der Waals surface area (Å²) in [6.07, 6.45) is -4.64. The molecule has 1 amide bonds. The minimum absolute atomic E-state index is 0.0136. The van der Waals surface area contributed by atoms with Crippen LogP contribution in [0.15, 0.2) is 18.2 Å². The summed E-state index contributed by atoms with van der Waals surface area (Å²) in [5.41, 5.74) is 7.30. The highest BCUT2D eigenvalue weighted by molar-refractivity contribution is 5.96. The van der Waals surface area contributed by atoms with Gasteiger partial charge in [0.15, 0.2) is 0 Å². The number of nitrogens with two attached hydrogens (primary N) is 1. The molecule has 0 fully saturated rings. The Morgan fingerprint density at radius 3 is 2.63 bits per heavy atom. The number of nitrogen functional groups attached to an aromatic ring is 1. The first-order valence-corrected chi connectivity index (χ1v) is 6.00. The highest BCUT2D eigenvalue weighted by Crippen LogP contribution is 2.21. The number of hydrogen-bond donors (Lipinski definition) is 2. The lowest BCUT2D eigenvalue weighted by atomic mass is 10.1.